The van der Waals surface area contributed by atoms with E-state index in [2.05, 4.69) is 28.1 Å². The molecule has 0 saturated carbocycles. The average Bonchev–Trinajstić information content (AvgIpc) is 2.43. The molecule has 0 N–H and O–H groups in total. The molecular weight excluding hydrogens is 354 g/mol. The van der Waals surface area contributed by atoms with Crippen LogP contribution < -0.4 is 17.0 Å². The number of carbonyl (C=O) groups is 1. The molecule has 3 nitrogen and oxygen atoms in total. The zero-order valence-corrected chi connectivity index (χ0v) is 17.8. The van der Waals surface area contributed by atoms with E-state index in [0.717, 1.165) is 12.8 Å². The second-order valence-corrected chi connectivity index (χ2v) is 7.35. The van der Waals surface area contributed by atoms with Crippen LogP contribution in [0, 0.1) is 0 Å². The van der Waals surface area contributed by atoms with E-state index in [0.29, 0.717) is 11.1 Å². The third-order valence-electron chi connectivity index (χ3n) is 4.32. The van der Waals surface area contributed by atoms with E-state index in [1.807, 2.05) is 6.92 Å². The van der Waals surface area contributed by atoms with Gasteiger partial charge in [-0.05, 0) is 13.3 Å². The van der Waals surface area contributed by atoms with Crippen LogP contribution in [-0.2, 0) is 9.53 Å². The quantitative estimate of drug-likeness (QED) is 0.256. The molecule has 1 unspecified atom stereocenters. The topological polar surface area (TPSA) is 26.3 Å². The lowest BCUT2D eigenvalue weighted by atomic mass is 10.0. The van der Waals surface area contributed by atoms with Gasteiger partial charge in [0.25, 0.3) is 0 Å². The molecule has 0 aromatic carbocycles. The Bertz CT molecular complexity index is 277. The number of carbonyl (C=O) groups excluding carboxylic acids is 1. The van der Waals surface area contributed by atoms with Crippen LogP contribution in [0.25, 0.3) is 0 Å². The van der Waals surface area contributed by atoms with Crippen LogP contribution in [0.5, 0.6) is 0 Å². The minimum atomic E-state index is -0.0362. The molecule has 0 bridgehead atoms. The van der Waals surface area contributed by atoms with Crippen molar-refractivity contribution in [2.75, 3.05) is 27.7 Å². The molecule has 0 rings (SSSR count). The number of ether oxygens (including phenoxy) is 1. The third-order valence-corrected chi connectivity index (χ3v) is 4.32. The number of rotatable bonds is 14. The predicted molar refractivity (Wildman–Crippen MR) is 94.9 cm³/mol. The summed E-state index contributed by atoms with van der Waals surface area (Å²) in [6, 6.07) is -0.0195. The minimum absolute atomic E-state index is 0. The Balaban J connectivity index is 0. The minimum Gasteiger partial charge on any atom is -1.00 e. The highest BCUT2D eigenvalue weighted by Crippen LogP contribution is 2.16. The van der Waals surface area contributed by atoms with Gasteiger partial charge < -0.3 is 26.2 Å². The normalized spacial score (nSPS) is 12.6. The summed E-state index contributed by atoms with van der Waals surface area (Å²) in [4.78, 5) is 12.0. The fraction of sp³-hybridized carbons (Fsp3) is 0.947. The van der Waals surface area contributed by atoms with E-state index >= 15 is 0 Å². The van der Waals surface area contributed by atoms with E-state index in [1.54, 1.807) is 0 Å². The summed E-state index contributed by atoms with van der Waals surface area (Å²) in [6.45, 7) is 4.62. The van der Waals surface area contributed by atoms with Gasteiger partial charge in [-0.2, -0.15) is 0 Å². The van der Waals surface area contributed by atoms with Gasteiger partial charge in [0.15, 0.2) is 6.04 Å². The first kappa shape index (κ1) is 25.2. The lowest BCUT2D eigenvalue weighted by molar-refractivity contribution is -0.887. The van der Waals surface area contributed by atoms with Crippen molar-refractivity contribution >= 4 is 5.97 Å². The maximum atomic E-state index is 12.0. The van der Waals surface area contributed by atoms with Crippen molar-refractivity contribution in [1.29, 1.82) is 0 Å². The summed E-state index contributed by atoms with van der Waals surface area (Å²) in [5.41, 5.74) is 0. The van der Waals surface area contributed by atoms with Crippen LogP contribution in [0.4, 0.5) is 0 Å². The number of nitrogens with zero attached hydrogens (tertiary/aromatic N) is 1. The summed E-state index contributed by atoms with van der Waals surface area (Å²) in [6.07, 6.45) is 14.3. The molecule has 0 amide bonds. The molecule has 140 valence electrons. The molecule has 4 heteroatoms. The monoisotopic (exact) mass is 393 g/mol. The Labute approximate surface area is 155 Å². The first-order valence-corrected chi connectivity index (χ1v) is 9.41. The Morgan fingerprint density at radius 1 is 0.826 bits per heavy atom. The van der Waals surface area contributed by atoms with Gasteiger partial charge in [0, 0.05) is 6.42 Å². The zero-order chi connectivity index (χ0) is 16.8. The maximum absolute atomic E-state index is 12.0. The highest BCUT2D eigenvalue weighted by atomic mass is 79.9. The number of hydrogen-bond donors (Lipinski definition) is 0. The standard InChI is InChI=1S/C19H40NO2.BrH/c1-6-8-9-10-11-12-13-14-15-16-17-18(20(3,4)5)19(21)22-7-2;/h18H,6-17H2,1-5H3;1H/q+1;/p-1. The largest absolute Gasteiger partial charge is 1.00 e. The second kappa shape index (κ2) is 15.4. The number of quaternary nitrogens is 1. The van der Waals surface area contributed by atoms with Crippen LogP contribution in [-0.4, -0.2) is 44.2 Å². The highest BCUT2D eigenvalue weighted by molar-refractivity contribution is 5.74. The van der Waals surface area contributed by atoms with E-state index in [9.17, 15) is 4.79 Å². The highest BCUT2D eigenvalue weighted by Gasteiger charge is 2.32. The number of unbranched alkanes of at least 4 members (excludes halogenated alkanes) is 9. The van der Waals surface area contributed by atoms with Crippen molar-refractivity contribution in [3.8, 4) is 0 Å². The smallest absolute Gasteiger partial charge is 0.364 e. The van der Waals surface area contributed by atoms with Gasteiger partial charge >= 0.3 is 5.97 Å². The molecule has 0 aliphatic rings. The van der Waals surface area contributed by atoms with Crippen molar-refractivity contribution < 1.29 is 31.0 Å². The lowest BCUT2D eigenvalue weighted by Crippen LogP contribution is -3.00. The van der Waals surface area contributed by atoms with Crippen molar-refractivity contribution in [1.82, 2.24) is 0 Å². The molecule has 1 atom stereocenters. The first-order valence-electron chi connectivity index (χ1n) is 9.41. The number of hydrogen-bond acceptors (Lipinski definition) is 2. The third kappa shape index (κ3) is 14.0. The summed E-state index contributed by atoms with van der Waals surface area (Å²) in [5, 5.41) is 0. The molecule has 0 saturated heterocycles. The fourth-order valence-corrected chi connectivity index (χ4v) is 2.88. The summed E-state index contributed by atoms with van der Waals surface area (Å²) in [5.74, 6) is -0.0362. The second-order valence-electron chi connectivity index (χ2n) is 7.35. The zero-order valence-electron chi connectivity index (χ0n) is 16.2. The molecule has 0 heterocycles. The molecule has 0 aromatic rings. The van der Waals surface area contributed by atoms with Crippen molar-refractivity contribution in [2.24, 2.45) is 0 Å². The van der Waals surface area contributed by atoms with E-state index < -0.39 is 0 Å². The van der Waals surface area contributed by atoms with Gasteiger partial charge in [-0.25, -0.2) is 4.79 Å². The maximum Gasteiger partial charge on any atom is 0.364 e. The summed E-state index contributed by atoms with van der Waals surface area (Å²) < 4.78 is 5.88. The molecule has 0 fully saturated rings. The molecule has 0 spiro atoms. The lowest BCUT2D eigenvalue weighted by Gasteiger charge is -2.32. The van der Waals surface area contributed by atoms with Crippen LogP contribution in [0.3, 0.4) is 0 Å². The van der Waals surface area contributed by atoms with Gasteiger partial charge in [-0.3, -0.25) is 0 Å². The fourth-order valence-electron chi connectivity index (χ4n) is 2.88. The molecule has 23 heavy (non-hydrogen) atoms. The number of likely N-dealkylation sites (N-methyl/N-ethyl adjacent to an activating group) is 1. The van der Waals surface area contributed by atoms with Gasteiger partial charge in [0.1, 0.15) is 0 Å². The molecule has 0 radical (unpaired) electrons. The van der Waals surface area contributed by atoms with Crippen LogP contribution in [0.2, 0.25) is 0 Å². The SMILES string of the molecule is CCCCCCCCCCCCC(C(=O)OCC)[N+](C)(C)C.[Br-]. The Kier molecular flexibility index (Phi) is 16.9. The first-order chi connectivity index (χ1) is 10.4. The van der Waals surface area contributed by atoms with Crippen molar-refractivity contribution in [2.45, 2.75) is 90.5 Å². The van der Waals surface area contributed by atoms with E-state index in [4.69, 9.17) is 4.74 Å². The average molecular weight is 394 g/mol. The van der Waals surface area contributed by atoms with Gasteiger partial charge in [0.2, 0.25) is 0 Å². The molecule has 0 aromatic heterocycles. The van der Waals surface area contributed by atoms with Gasteiger partial charge in [-0.1, -0.05) is 64.7 Å². The Hall–Kier alpha value is -0.0900. The number of esters is 1. The molecule has 0 aliphatic heterocycles. The van der Waals surface area contributed by atoms with E-state index in [-0.39, 0.29) is 29.0 Å². The molecule has 0 aliphatic carbocycles. The molecular formula is C19H40BrNO2. The Morgan fingerprint density at radius 3 is 1.65 bits per heavy atom. The van der Waals surface area contributed by atoms with Crippen LogP contribution in [0.15, 0.2) is 0 Å². The van der Waals surface area contributed by atoms with Crippen molar-refractivity contribution in [3.63, 3.8) is 0 Å². The summed E-state index contributed by atoms with van der Waals surface area (Å²) in [7, 11) is 6.24. The van der Waals surface area contributed by atoms with Crippen molar-refractivity contribution in [3.05, 3.63) is 0 Å². The van der Waals surface area contributed by atoms with Crippen LogP contribution in [0.1, 0.15) is 84.5 Å². The summed E-state index contributed by atoms with van der Waals surface area (Å²) >= 11 is 0. The van der Waals surface area contributed by atoms with Crippen LogP contribution >= 0.6 is 0 Å². The predicted octanol–water partition coefficient (Wildman–Crippen LogP) is 1.94. The van der Waals surface area contributed by atoms with Gasteiger partial charge in [-0.15, -0.1) is 0 Å². The van der Waals surface area contributed by atoms with E-state index in [1.165, 1.54) is 57.8 Å². The Morgan fingerprint density at radius 2 is 1.26 bits per heavy atom. The van der Waals surface area contributed by atoms with Gasteiger partial charge in [0.05, 0.1) is 27.7 Å². The number of halogens is 1.